The van der Waals surface area contributed by atoms with Crippen molar-refractivity contribution in [2.75, 3.05) is 26.2 Å². The topological polar surface area (TPSA) is 43.9 Å². The molecule has 0 spiro atoms. The molecule has 112 valence electrons. The maximum absolute atomic E-state index is 12.4. The average Bonchev–Trinajstić information content (AvgIpc) is 2.98. The third kappa shape index (κ3) is 2.25. The Morgan fingerprint density at radius 3 is 2.55 bits per heavy atom. The summed E-state index contributed by atoms with van der Waals surface area (Å²) < 4.78 is 37.1. The van der Waals surface area contributed by atoms with Crippen LogP contribution < -0.4 is 0 Å². The number of carbonyl (C=O) groups is 2. The first kappa shape index (κ1) is 13.7. The Hall–Kier alpha value is -1.31. The van der Waals surface area contributed by atoms with Gasteiger partial charge in [-0.05, 0) is 19.3 Å². The predicted molar refractivity (Wildman–Crippen MR) is 62.9 cm³/mol. The highest BCUT2D eigenvalue weighted by Crippen LogP contribution is 2.31. The van der Waals surface area contributed by atoms with Crippen LogP contribution in [0.3, 0.4) is 0 Å². The summed E-state index contributed by atoms with van der Waals surface area (Å²) in [5.74, 6) is -0.230. The van der Waals surface area contributed by atoms with Crippen LogP contribution in [0, 0.1) is 0 Å². The van der Waals surface area contributed by atoms with Crippen LogP contribution in [0.25, 0.3) is 0 Å². The van der Waals surface area contributed by atoms with E-state index in [2.05, 4.69) is 0 Å². The van der Waals surface area contributed by atoms with E-state index >= 15 is 0 Å². The fourth-order valence-corrected chi connectivity index (χ4v) is 3.40. The summed E-state index contributed by atoms with van der Waals surface area (Å²) in [6.07, 6.45) is -2.33. The van der Waals surface area contributed by atoms with Crippen molar-refractivity contribution in [1.29, 1.82) is 0 Å². The molecule has 3 heterocycles. The van der Waals surface area contributed by atoms with Crippen molar-refractivity contribution in [2.24, 2.45) is 0 Å². The molecule has 3 saturated heterocycles. The predicted octanol–water partition coefficient (Wildman–Crippen LogP) is 1.05. The van der Waals surface area contributed by atoms with Crippen molar-refractivity contribution in [1.82, 2.24) is 14.7 Å². The second-order valence-electron chi connectivity index (χ2n) is 5.64. The number of fused-ring (bicyclic) bond motifs is 1. The number of urea groups is 1. The average molecular weight is 291 g/mol. The lowest BCUT2D eigenvalue weighted by atomic mass is 10.2. The molecule has 0 saturated carbocycles. The van der Waals surface area contributed by atoms with Gasteiger partial charge in [-0.15, -0.1) is 0 Å². The van der Waals surface area contributed by atoms with Crippen molar-refractivity contribution in [3.05, 3.63) is 0 Å². The Balaban J connectivity index is 1.66. The largest absolute Gasteiger partial charge is 0.401 e. The smallest absolute Gasteiger partial charge is 0.312 e. The molecule has 0 aromatic rings. The highest BCUT2D eigenvalue weighted by atomic mass is 19.4. The van der Waals surface area contributed by atoms with Gasteiger partial charge >= 0.3 is 12.2 Å². The Labute approximate surface area is 114 Å². The lowest BCUT2D eigenvalue weighted by Gasteiger charge is -2.23. The van der Waals surface area contributed by atoms with Gasteiger partial charge in [-0.3, -0.25) is 14.6 Å². The summed E-state index contributed by atoms with van der Waals surface area (Å²) in [7, 11) is 0. The molecule has 0 bridgehead atoms. The van der Waals surface area contributed by atoms with Gasteiger partial charge in [0.25, 0.3) is 5.91 Å². The standard InChI is InChI=1S/C12H16F3N3O2/c13-12(14,15)7-16-5-3-8(6-16)18-10(19)9-2-1-4-17(9)11(18)20/h8-9H,1-7H2/t8-,9+/m0/s1. The lowest BCUT2D eigenvalue weighted by Crippen LogP contribution is -2.44. The van der Waals surface area contributed by atoms with E-state index in [9.17, 15) is 22.8 Å². The number of nitrogens with zero attached hydrogens (tertiary/aromatic N) is 3. The number of hydrogen-bond donors (Lipinski definition) is 0. The Morgan fingerprint density at radius 1 is 1.15 bits per heavy atom. The zero-order chi connectivity index (χ0) is 14.5. The molecule has 3 aliphatic heterocycles. The second kappa shape index (κ2) is 4.61. The van der Waals surface area contributed by atoms with E-state index in [4.69, 9.17) is 0 Å². The number of amides is 3. The Kier molecular flexibility index (Phi) is 3.15. The zero-order valence-electron chi connectivity index (χ0n) is 10.9. The van der Waals surface area contributed by atoms with Crippen LogP contribution >= 0.6 is 0 Å². The van der Waals surface area contributed by atoms with E-state index in [0.717, 1.165) is 6.42 Å². The van der Waals surface area contributed by atoms with Gasteiger partial charge < -0.3 is 4.90 Å². The van der Waals surface area contributed by atoms with Gasteiger partial charge in [0, 0.05) is 19.6 Å². The fourth-order valence-electron chi connectivity index (χ4n) is 3.40. The molecular formula is C12H16F3N3O2. The number of likely N-dealkylation sites (tertiary alicyclic amines) is 1. The van der Waals surface area contributed by atoms with Gasteiger partial charge in [-0.1, -0.05) is 0 Å². The number of halogens is 3. The zero-order valence-corrected chi connectivity index (χ0v) is 10.9. The molecule has 0 N–H and O–H groups in total. The van der Waals surface area contributed by atoms with Crippen LogP contribution in [-0.4, -0.2) is 71.1 Å². The molecule has 5 nitrogen and oxygen atoms in total. The highest BCUT2D eigenvalue weighted by Gasteiger charge is 2.51. The summed E-state index contributed by atoms with van der Waals surface area (Å²) in [4.78, 5) is 28.4. The molecule has 3 amide bonds. The van der Waals surface area contributed by atoms with Gasteiger partial charge in [0.05, 0.1) is 12.6 Å². The maximum Gasteiger partial charge on any atom is 0.401 e. The first-order valence-corrected chi connectivity index (χ1v) is 6.79. The molecule has 20 heavy (non-hydrogen) atoms. The molecule has 0 aromatic heterocycles. The highest BCUT2D eigenvalue weighted by molar-refractivity contribution is 6.05. The normalized spacial score (nSPS) is 31.6. The molecule has 0 radical (unpaired) electrons. The minimum atomic E-state index is -4.24. The molecular weight excluding hydrogens is 275 g/mol. The van der Waals surface area contributed by atoms with Crippen molar-refractivity contribution in [3.8, 4) is 0 Å². The number of carbonyl (C=O) groups excluding carboxylic acids is 2. The van der Waals surface area contributed by atoms with Crippen LogP contribution in [0.5, 0.6) is 0 Å². The minimum Gasteiger partial charge on any atom is -0.312 e. The quantitative estimate of drug-likeness (QED) is 0.714. The first-order valence-electron chi connectivity index (χ1n) is 6.79. The molecule has 8 heteroatoms. The number of alkyl halides is 3. The van der Waals surface area contributed by atoms with E-state index < -0.39 is 18.8 Å². The molecule has 2 atom stereocenters. The van der Waals surface area contributed by atoms with Gasteiger partial charge in [0.1, 0.15) is 6.04 Å². The van der Waals surface area contributed by atoms with Crippen LogP contribution in [0.2, 0.25) is 0 Å². The number of hydrogen-bond acceptors (Lipinski definition) is 3. The molecule has 0 aromatic carbocycles. The van der Waals surface area contributed by atoms with E-state index in [1.54, 1.807) is 4.90 Å². The van der Waals surface area contributed by atoms with Crippen LogP contribution in [0.4, 0.5) is 18.0 Å². The van der Waals surface area contributed by atoms with Crippen molar-refractivity contribution in [2.45, 2.75) is 37.5 Å². The Morgan fingerprint density at radius 2 is 1.90 bits per heavy atom. The molecule has 3 rings (SSSR count). The van der Waals surface area contributed by atoms with Crippen molar-refractivity contribution < 1.29 is 22.8 Å². The van der Waals surface area contributed by atoms with Gasteiger partial charge in [0.2, 0.25) is 0 Å². The first-order chi connectivity index (χ1) is 9.37. The maximum atomic E-state index is 12.4. The summed E-state index contributed by atoms with van der Waals surface area (Å²) in [6.45, 7) is -0.0129. The third-order valence-corrected chi connectivity index (χ3v) is 4.24. The number of imide groups is 1. The van der Waals surface area contributed by atoms with Crippen LogP contribution in [0.1, 0.15) is 19.3 Å². The van der Waals surface area contributed by atoms with E-state index in [-0.39, 0.29) is 31.1 Å². The molecule has 0 aliphatic carbocycles. The minimum absolute atomic E-state index is 0.123. The van der Waals surface area contributed by atoms with Crippen LogP contribution in [-0.2, 0) is 4.79 Å². The van der Waals surface area contributed by atoms with E-state index in [1.807, 2.05) is 0 Å². The SMILES string of the molecule is O=C1[C@H]2CCCN2C(=O)N1[C@H]1CCN(CC(F)(F)F)C1. The third-order valence-electron chi connectivity index (χ3n) is 4.24. The summed E-state index contributed by atoms with van der Waals surface area (Å²) >= 11 is 0. The van der Waals surface area contributed by atoms with Crippen molar-refractivity contribution >= 4 is 11.9 Å². The molecule has 3 fully saturated rings. The van der Waals surface area contributed by atoms with Gasteiger partial charge in [-0.25, -0.2) is 4.79 Å². The van der Waals surface area contributed by atoms with Crippen LogP contribution in [0.15, 0.2) is 0 Å². The molecule has 3 aliphatic rings. The van der Waals surface area contributed by atoms with Crippen molar-refractivity contribution in [3.63, 3.8) is 0 Å². The molecule has 0 unspecified atom stereocenters. The Bertz CT molecular complexity index is 418. The number of rotatable bonds is 2. The fraction of sp³-hybridized carbons (Fsp3) is 0.833. The van der Waals surface area contributed by atoms with Gasteiger partial charge in [0.15, 0.2) is 0 Å². The second-order valence-corrected chi connectivity index (χ2v) is 5.64. The summed E-state index contributed by atoms with van der Waals surface area (Å²) in [5, 5.41) is 0. The summed E-state index contributed by atoms with van der Waals surface area (Å²) in [6, 6.07) is -1.11. The summed E-state index contributed by atoms with van der Waals surface area (Å²) in [5.41, 5.74) is 0. The van der Waals surface area contributed by atoms with E-state index in [0.29, 0.717) is 19.4 Å². The van der Waals surface area contributed by atoms with E-state index in [1.165, 1.54) is 9.80 Å². The lowest BCUT2D eigenvalue weighted by molar-refractivity contribution is -0.143. The monoisotopic (exact) mass is 291 g/mol. The van der Waals surface area contributed by atoms with Gasteiger partial charge in [-0.2, -0.15) is 13.2 Å².